The van der Waals surface area contributed by atoms with Crippen LogP contribution < -0.4 is 9.47 Å². The summed E-state index contributed by atoms with van der Waals surface area (Å²) < 4.78 is 11.0. The maximum absolute atomic E-state index is 12.6. The first-order valence-corrected chi connectivity index (χ1v) is 10.1. The maximum Gasteiger partial charge on any atom is 0.173 e. The number of aromatic nitrogens is 1. The van der Waals surface area contributed by atoms with Gasteiger partial charge >= 0.3 is 0 Å². The molecule has 2 heterocycles. The van der Waals surface area contributed by atoms with Crippen molar-refractivity contribution in [3.63, 3.8) is 0 Å². The average molecular weight is 390 g/mol. The molecule has 0 spiro atoms. The van der Waals surface area contributed by atoms with Crippen LogP contribution in [0.3, 0.4) is 0 Å². The summed E-state index contributed by atoms with van der Waals surface area (Å²) in [5.41, 5.74) is 3.07. The average Bonchev–Trinajstić information content (AvgIpc) is 2.75. The summed E-state index contributed by atoms with van der Waals surface area (Å²) in [5.74, 6) is 1.40. The third-order valence-electron chi connectivity index (χ3n) is 4.58. The predicted octanol–water partition coefficient (Wildman–Crippen LogP) is 4.42. The first-order chi connectivity index (χ1) is 13.7. The molecule has 3 aromatic rings. The van der Waals surface area contributed by atoms with Gasteiger partial charge < -0.3 is 9.47 Å². The van der Waals surface area contributed by atoms with Crippen LogP contribution in [0.25, 0.3) is 10.9 Å². The third kappa shape index (κ3) is 3.67. The number of carbonyl (C=O) groups excluding carboxylic acids is 1. The summed E-state index contributed by atoms with van der Waals surface area (Å²) in [6, 6.07) is 15.3. The fourth-order valence-corrected chi connectivity index (χ4v) is 3.91. The number of hydrogen-bond donors (Lipinski definition) is 0. The second-order valence-electron chi connectivity index (χ2n) is 6.40. The fourth-order valence-electron chi connectivity index (χ4n) is 3.05. The van der Waals surface area contributed by atoms with Gasteiger partial charge in [0.05, 0.1) is 16.8 Å². The second-order valence-corrected chi connectivity index (χ2v) is 7.37. The van der Waals surface area contributed by atoms with Gasteiger partial charge in [0.25, 0.3) is 0 Å². The van der Waals surface area contributed by atoms with Gasteiger partial charge in [0.15, 0.2) is 17.3 Å². The van der Waals surface area contributed by atoms with Crippen molar-refractivity contribution in [1.29, 1.82) is 5.26 Å². The molecule has 4 rings (SSSR count). The summed E-state index contributed by atoms with van der Waals surface area (Å²) in [5, 5.41) is 11.0. The van der Waals surface area contributed by atoms with Crippen LogP contribution in [-0.2, 0) is 6.42 Å². The van der Waals surface area contributed by atoms with Crippen LogP contribution >= 0.6 is 11.8 Å². The molecule has 5 nitrogen and oxygen atoms in total. The van der Waals surface area contributed by atoms with E-state index in [-0.39, 0.29) is 11.5 Å². The Balaban J connectivity index is 1.55. The number of rotatable bonds is 5. The van der Waals surface area contributed by atoms with E-state index in [1.54, 1.807) is 18.2 Å². The van der Waals surface area contributed by atoms with E-state index >= 15 is 0 Å². The molecule has 0 fully saturated rings. The minimum atomic E-state index is -0.0471. The molecule has 0 aliphatic carbocycles. The lowest BCUT2D eigenvalue weighted by molar-refractivity contribution is 0.102. The minimum Gasteiger partial charge on any atom is -0.486 e. The number of carbonyl (C=O) groups is 1. The topological polar surface area (TPSA) is 72.2 Å². The number of thioether (sulfide) groups is 1. The number of hydrogen-bond acceptors (Lipinski definition) is 6. The van der Waals surface area contributed by atoms with E-state index in [2.05, 4.69) is 24.0 Å². The van der Waals surface area contributed by atoms with Crippen molar-refractivity contribution in [3.8, 4) is 17.6 Å². The second kappa shape index (κ2) is 7.91. The largest absolute Gasteiger partial charge is 0.486 e. The normalized spacial score (nSPS) is 12.6. The highest BCUT2D eigenvalue weighted by atomic mass is 32.2. The Kier molecular flexibility index (Phi) is 5.18. The van der Waals surface area contributed by atoms with Crippen molar-refractivity contribution in [3.05, 3.63) is 59.2 Å². The lowest BCUT2D eigenvalue weighted by Gasteiger charge is -2.18. The summed E-state index contributed by atoms with van der Waals surface area (Å²) in [7, 11) is 0. The molecule has 2 aromatic carbocycles. The van der Waals surface area contributed by atoms with E-state index in [0.29, 0.717) is 40.9 Å². The number of nitriles is 1. The molecule has 0 radical (unpaired) electrons. The monoisotopic (exact) mass is 390 g/mol. The van der Waals surface area contributed by atoms with Crippen molar-refractivity contribution in [2.45, 2.75) is 18.4 Å². The highest BCUT2D eigenvalue weighted by Crippen LogP contribution is 2.32. The SMILES string of the molecule is CCc1ccc2nc(SCC(=O)c3ccc4c(c3)OCCO4)c(C#N)cc2c1. The maximum atomic E-state index is 12.6. The molecule has 140 valence electrons. The standard InChI is InChI=1S/C22H18N2O3S/c1-2-14-3-5-18-16(9-14)10-17(12-23)22(24-18)28-13-19(25)15-4-6-20-21(11-15)27-8-7-26-20/h3-6,9-11H,2,7-8,13H2,1H3. The molecule has 0 bridgehead atoms. The number of benzene rings is 2. The Bertz CT molecular complexity index is 1100. The van der Waals surface area contributed by atoms with Crippen molar-refractivity contribution >= 4 is 28.4 Å². The molecule has 6 heteroatoms. The summed E-state index contributed by atoms with van der Waals surface area (Å²) in [4.78, 5) is 17.2. The van der Waals surface area contributed by atoms with Crippen LogP contribution in [0.2, 0.25) is 0 Å². The van der Waals surface area contributed by atoms with Crippen LogP contribution in [-0.4, -0.2) is 29.7 Å². The summed E-state index contributed by atoms with van der Waals surface area (Å²) >= 11 is 1.28. The van der Waals surface area contributed by atoms with Gasteiger partial charge in [0, 0.05) is 10.9 Å². The molecular weight excluding hydrogens is 372 g/mol. The van der Waals surface area contributed by atoms with Gasteiger partial charge in [0.2, 0.25) is 0 Å². The molecule has 0 saturated heterocycles. The number of nitrogens with zero attached hydrogens (tertiary/aromatic N) is 2. The molecule has 0 N–H and O–H groups in total. The predicted molar refractivity (Wildman–Crippen MR) is 108 cm³/mol. The molecule has 0 amide bonds. The van der Waals surface area contributed by atoms with Crippen LogP contribution in [0.15, 0.2) is 47.5 Å². The zero-order valence-corrected chi connectivity index (χ0v) is 16.2. The van der Waals surface area contributed by atoms with E-state index in [1.807, 2.05) is 18.2 Å². The fraction of sp³-hybridized carbons (Fsp3) is 0.227. The summed E-state index contributed by atoms with van der Waals surface area (Å²) in [6.07, 6.45) is 0.929. The van der Waals surface area contributed by atoms with Gasteiger partial charge in [-0.05, 0) is 48.4 Å². The quantitative estimate of drug-likeness (QED) is 0.474. The lowest BCUT2D eigenvalue weighted by Crippen LogP contribution is -2.16. The molecule has 0 saturated carbocycles. The van der Waals surface area contributed by atoms with E-state index in [0.717, 1.165) is 17.3 Å². The Morgan fingerprint density at radius 2 is 1.96 bits per heavy atom. The molecule has 0 unspecified atom stereocenters. The zero-order valence-electron chi connectivity index (χ0n) is 15.4. The van der Waals surface area contributed by atoms with Gasteiger partial charge in [0.1, 0.15) is 24.3 Å². The van der Waals surface area contributed by atoms with Crippen LogP contribution in [0.5, 0.6) is 11.5 Å². The summed E-state index contributed by atoms with van der Waals surface area (Å²) in [6.45, 7) is 3.08. The Labute approximate surface area is 167 Å². The highest BCUT2D eigenvalue weighted by molar-refractivity contribution is 8.00. The number of fused-ring (bicyclic) bond motifs is 2. The van der Waals surface area contributed by atoms with Crippen molar-refractivity contribution in [1.82, 2.24) is 4.98 Å². The number of ether oxygens (including phenoxy) is 2. The van der Waals surface area contributed by atoms with Gasteiger partial charge in [-0.1, -0.05) is 24.8 Å². The number of ketones is 1. The highest BCUT2D eigenvalue weighted by Gasteiger charge is 2.16. The molecule has 1 aromatic heterocycles. The van der Waals surface area contributed by atoms with Gasteiger partial charge in [-0.2, -0.15) is 5.26 Å². The van der Waals surface area contributed by atoms with E-state index < -0.39 is 0 Å². The van der Waals surface area contributed by atoms with E-state index in [4.69, 9.17) is 9.47 Å². The first-order valence-electron chi connectivity index (χ1n) is 9.07. The number of Topliss-reactive ketones (excluding diaryl/α,β-unsaturated/α-hetero) is 1. The number of pyridine rings is 1. The van der Waals surface area contributed by atoms with E-state index in [1.165, 1.54) is 17.3 Å². The van der Waals surface area contributed by atoms with Gasteiger partial charge in [-0.15, -0.1) is 0 Å². The Morgan fingerprint density at radius 1 is 1.14 bits per heavy atom. The third-order valence-corrected chi connectivity index (χ3v) is 5.57. The molecule has 28 heavy (non-hydrogen) atoms. The van der Waals surface area contributed by atoms with Crippen LogP contribution in [0.1, 0.15) is 28.4 Å². The van der Waals surface area contributed by atoms with E-state index in [9.17, 15) is 10.1 Å². The van der Waals surface area contributed by atoms with Crippen molar-refractivity contribution < 1.29 is 14.3 Å². The molecule has 1 aliphatic heterocycles. The molecular formula is C22H18N2O3S. The minimum absolute atomic E-state index is 0.0471. The Morgan fingerprint density at radius 3 is 2.75 bits per heavy atom. The lowest BCUT2D eigenvalue weighted by atomic mass is 10.1. The van der Waals surface area contributed by atoms with Crippen LogP contribution in [0, 0.1) is 11.3 Å². The zero-order chi connectivity index (χ0) is 19.5. The smallest absolute Gasteiger partial charge is 0.173 e. The van der Waals surface area contributed by atoms with Gasteiger partial charge in [-0.25, -0.2) is 4.98 Å². The van der Waals surface area contributed by atoms with Crippen LogP contribution in [0.4, 0.5) is 0 Å². The molecule has 0 atom stereocenters. The number of aryl methyl sites for hydroxylation is 1. The molecule has 1 aliphatic rings. The van der Waals surface area contributed by atoms with Gasteiger partial charge in [-0.3, -0.25) is 4.79 Å². The first kappa shape index (κ1) is 18.3. The van der Waals surface area contributed by atoms with Crippen molar-refractivity contribution in [2.24, 2.45) is 0 Å². The van der Waals surface area contributed by atoms with Crippen molar-refractivity contribution in [2.75, 3.05) is 19.0 Å². The Hall–Kier alpha value is -3.04.